The molecule has 0 amide bonds. The van der Waals surface area contributed by atoms with Crippen LogP contribution in [0.5, 0.6) is 0 Å². The molecule has 0 heterocycles. The number of carbonyl (C=O) groups excluding carboxylic acids is 2. The highest BCUT2D eigenvalue weighted by molar-refractivity contribution is 8.14. The summed E-state index contributed by atoms with van der Waals surface area (Å²) in [6, 6.07) is 0. The van der Waals surface area contributed by atoms with E-state index in [0.717, 1.165) is 5.75 Å². The maximum absolute atomic E-state index is 11.2. The summed E-state index contributed by atoms with van der Waals surface area (Å²) in [6.45, 7) is 5.34. The van der Waals surface area contributed by atoms with Gasteiger partial charge in [-0.3, -0.25) is 9.59 Å². The third-order valence-electron chi connectivity index (χ3n) is 1.23. The quantitative estimate of drug-likeness (QED) is 0.706. The van der Waals surface area contributed by atoms with Crippen LogP contribution < -0.4 is 0 Å². The zero-order chi connectivity index (χ0) is 9.56. The summed E-state index contributed by atoms with van der Waals surface area (Å²) in [5, 5.41) is 0.266. The topological polar surface area (TPSA) is 34.1 Å². The van der Waals surface area contributed by atoms with Crippen molar-refractivity contribution >= 4 is 33.8 Å². The van der Waals surface area contributed by atoms with Crippen LogP contribution in [0.2, 0.25) is 0 Å². The van der Waals surface area contributed by atoms with Crippen LogP contribution in [0.15, 0.2) is 0 Å². The number of hydrogen-bond donors (Lipinski definition) is 0. The molecule has 0 radical (unpaired) electrons. The average molecular weight is 206 g/mol. The summed E-state index contributed by atoms with van der Waals surface area (Å²) in [6.07, 6.45) is 0. The SMILES string of the molecule is CCSC(=O)C(C)CSC(C)=O. The summed E-state index contributed by atoms with van der Waals surface area (Å²) in [5.41, 5.74) is 0. The molecule has 0 aromatic rings. The highest BCUT2D eigenvalue weighted by Gasteiger charge is 2.13. The minimum atomic E-state index is -0.0103. The van der Waals surface area contributed by atoms with Gasteiger partial charge in [0.1, 0.15) is 0 Å². The van der Waals surface area contributed by atoms with Crippen molar-refractivity contribution in [2.75, 3.05) is 11.5 Å². The van der Waals surface area contributed by atoms with E-state index in [9.17, 15) is 9.59 Å². The van der Waals surface area contributed by atoms with Crippen LogP contribution >= 0.6 is 23.5 Å². The van der Waals surface area contributed by atoms with Crippen molar-refractivity contribution in [3.05, 3.63) is 0 Å². The highest BCUT2D eigenvalue weighted by Crippen LogP contribution is 2.15. The predicted molar refractivity (Wildman–Crippen MR) is 55.4 cm³/mol. The fourth-order valence-electron chi connectivity index (χ4n) is 0.595. The van der Waals surface area contributed by atoms with Crippen molar-refractivity contribution in [2.45, 2.75) is 20.8 Å². The minimum Gasteiger partial charge on any atom is -0.288 e. The molecule has 0 fully saturated rings. The molecule has 4 heteroatoms. The number of thioether (sulfide) groups is 2. The fraction of sp³-hybridized carbons (Fsp3) is 0.750. The molecular formula is C8H14O2S2. The van der Waals surface area contributed by atoms with Gasteiger partial charge in [-0.15, -0.1) is 0 Å². The van der Waals surface area contributed by atoms with E-state index < -0.39 is 0 Å². The van der Waals surface area contributed by atoms with Crippen LogP contribution in [0.4, 0.5) is 0 Å². The molecule has 0 aromatic heterocycles. The Morgan fingerprint density at radius 2 is 1.92 bits per heavy atom. The Balaban J connectivity index is 3.63. The van der Waals surface area contributed by atoms with Crippen LogP contribution in [-0.2, 0) is 9.59 Å². The summed E-state index contributed by atoms with van der Waals surface area (Å²) in [7, 11) is 0. The van der Waals surface area contributed by atoms with Gasteiger partial charge in [-0.25, -0.2) is 0 Å². The van der Waals surface area contributed by atoms with Crippen LogP contribution in [0.1, 0.15) is 20.8 Å². The smallest absolute Gasteiger partial charge is 0.192 e. The predicted octanol–water partition coefficient (Wildman–Crippen LogP) is 2.18. The summed E-state index contributed by atoms with van der Waals surface area (Å²) >= 11 is 2.55. The molecule has 0 aliphatic rings. The number of hydrogen-bond acceptors (Lipinski definition) is 4. The molecule has 12 heavy (non-hydrogen) atoms. The lowest BCUT2D eigenvalue weighted by molar-refractivity contribution is -0.113. The normalized spacial score (nSPS) is 12.6. The molecule has 0 spiro atoms. The fourth-order valence-corrected chi connectivity index (χ4v) is 1.99. The Labute approximate surface area is 81.9 Å². The van der Waals surface area contributed by atoms with E-state index in [2.05, 4.69) is 0 Å². The standard InChI is InChI=1S/C8H14O2S2/c1-4-11-8(10)6(2)5-12-7(3)9/h6H,4-5H2,1-3H3. The van der Waals surface area contributed by atoms with Gasteiger partial charge in [0.15, 0.2) is 10.2 Å². The van der Waals surface area contributed by atoms with Gasteiger partial charge >= 0.3 is 0 Å². The van der Waals surface area contributed by atoms with Crippen molar-refractivity contribution < 1.29 is 9.59 Å². The second-order valence-corrected chi connectivity index (χ2v) is 4.92. The van der Waals surface area contributed by atoms with Crippen molar-refractivity contribution in [3.8, 4) is 0 Å². The Hall–Kier alpha value is 0.0400. The van der Waals surface area contributed by atoms with Gasteiger partial charge < -0.3 is 0 Å². The van der Waals surface area contributed by atoms with Gasteiger partial charge in [0.25, 0.3) is 0 Å². The van der Waals surface area contributed by atoms with E-state index in [1.54, 1.807) is 0 Å². The molecule has 0 saturated carbocycles. The first-order chi connectivity index (χ1) is 5.57. The zero-order valence-corrected chi connectivity index (χ0v) is 9.26. The highest BCUT2D eigenvalue weighted by atomic mass is 32.2. The summed E-state index contributed by atoms with van der Waals surface area (Å²) < 4.78 is 0. The Morgan fingerprint density at radius 1 is 1.33 bits per heavy atom. The molecule has 0 aliphatic heterocycles. The maximum atomic E-state index is 11.2. The van der Waals surface area contributed by atoms with Crippen LogP contribution in [0, 0.1) is 5.92 Å². The van der Waals surface area contributed by atoms with Gasteiger partial charge in [-0.1, -0.05) is 37.4 Å². The van der Waals surface area contributed by atoms with Crippen molar-refractivity contribution in [3.63, 3.8) is 0 Å². The molecule has 0 bridgehead atoms. The van der Waals surface area contributed by atoms with Crippen molar-refractivity contribution in [1.29, 1.82) is 0 Å². The van der Waals surface area contributed by atoms with E-state index in [1.165, 1.54) is 30.4 Å². The first-order valence-electron chi connectivity index (χ1n) is 3.88. The zero-order valence-electron chi connectivity index (χ0n) is 7.62. The third-order valence-corrected chi connectivity index (χ3v) is 3.27. The monoisotopic (exact) mass is 206 g/mol. The Morgan fingerprint density at radius 3 is 2.33 bits per heavy atom. The molecule has 1 atom stereocenters. The lowest BCUT2D eigenvalue weighted by Crippen LogP contribution is -2.10. The molecule has 0 rings (SSSR count). The van der Waals surface area contributed by atoms with E-state index in [-0.39, 0.29) is 16.1 Å². The molecule has 0 aromatic carbocycles. The lowest BCUT2D eigenvalue weighted by Gasteiger charge is -2.06. The number of rotatable bonds is 4. The maximum Gasteiger partial charge on any atom is 0.192 e. The minimum absolute atomic E-state index is 0.0103. The van der Waals surface area contributed by atoms with Gasteiger partial charge in [0, 0.05) is 18.6 Å². The Bertz CT molecular complexity index is 168. The summed E-state index contributed by atoms with van der Waals surface area (Å²) in [5.74, 6) is 1.42. The average Bonchev–Trinajstić information content (AvgIpc) is 2.00. The van der Waals surface area contributed by atoms with Crippen LogP contribution in [0.25, 0.3) is 0 Å². The van der Waals surface area contributed by atoms with Crippen LogP contribution in [-0.4, -0.2) is 21.7 Å². The molecule has 70 valence electrons. The van der Waals surface area contributed by atoms with Gasteiger partial charge in [0.2, 0.25) is 0 Å². The molecule has 0 N–H and O–H groups in total. The van der Waals surface area contributed by atoms with Gasteiger partial charge in [-0.05, 0) is 5.75 Å². The van der Waals surface area contributed by atoms with Crippen molar-refractivity contribution in [1.82, 2.24) is 0 Å². The molecule has 1 unspecified atom stereocenters. The number of carbonyl (C=O) groups is 2. The molecule has 0 aliphatic carbocycles. The van der Waals surface area contributed by atoms with Crippen molar-refractivity contribution in [2.24, 2.45) is 5.92 Å². The Kier molecular flexibility index (Phi) is 6.57. The molecular weight excluding hydrogens is 192 g/mol. The van der Waals surface area contributed by atoms with E-state index in [4.69, 9.17) is 0 Å². The second kappa shape index (κ2) is 6.54. The van der Waals surface area contributed by atoms with E-state index in [0.29, 0.717) is 5.75 Å². The lowest BCUT2D eigenvalue weighted by atomic mass is 10.2. The first-order valence-corrected chi connectivity index (χ1v) is 5.85. The molecule has 2 nitrogen and oxygen atoms in total. The first kappa shape index (κ1) is 12.0. The molecule has 0 saturated heterocycles. The van der Waals surface area contributed by atoms with Crippen LogP contribution in [0.3, 0.4) is 0 Å². The van der Waals surface area contributed by atoms with E-state index >= 15 is 0 Å². The second-order valence-electron chi connectivity index (χ2n) is 2.46. The van der Waals surface area contributed by atoms with Gasteiger partial charge in [-0.2, -0.15) is 0 Å². The largest absolute Gasteiger partial charge is 0.288 e. The third kappa shape index (κ3) is 5.66. The van der Waals surface area contributed by atoms with Gasteiger partial charge in [0.05, 0.1) is 0 Å². The van der Waals surface area contributed by atoms with E-state index in [1.807, 2.05) is 13.8 Å². The summed E-state index contributed by atoms with van der Waals surface area (Å²) in [4.78, 5) is 21.8.